The van der Waals surface area contributed by atoms with E-state index in [1.807, 2.05) is 41.3 Å². The Bertz CT molecular complexity index is 1060. The number of benzene rings is 1. The average Bonchev–Trinajstić information content (AvgIpc) is 3.61. The van der Waals surface area contributed by atoms with Gasteiger partial charge in [0, 0.05) is 18.3 Å². The predicted octanol–water partition coefficient (Wildman–Crippen LogP) is 4.92. The quantitative estimate of drug-likeness (QED) is 0.173. The van der Waals surface area contributed by atoms with Crippen LogP contribution in [0.2, 0.25) is 0 Å². The molecule has 1 spiro atoms. The molecule has 6 atom stereocenters. The number of carbonyl (C=O) groups excluding carboxylic acids is 3. The largest absolute Gasteiger partial charge is 0.465 e. The molecule has 2 amide bonds. The van der Waals surface area contributed by atoms with Crippen LogP contribution in [0.15, 0.2) is 55.6 Å². The van der Waals surface area contributed by atoms with E-state index in [1.54, 1.807) is 22.7 Å². The van der Waals surface area contributed by atoms with Crippen molar-refractivity contribution in [3.63, 3.8) is 0 Å². The van der Waals surface area contributed by atoms with Crippen LogP contribution in [0.5, 0.6) is 0 Å². The van der Waals surface area contributed by atoms with Crippen molar-refractivity contribution in [2.24, 2.45) is 11.8 Å². The summed E-state index contributed by atoms with van der Waals surface area (Å²) in [6, 6.07) is 7.93. The number of hydrogen-bond acceptors (Lipinski definition) is 6. The second-order valence-corrected chi connectivity index (χ2v) is 12.7. The fraction of sp³-hybridized carbons (Fsp3) is 0.594. The number of likely N-dealkylation sites (tertiary alicyclic amines) is 1. The first-order valence-corrected chi connectivity index (χ1v) is 15.7. The lowest BCUT2D eigenvalue weighted by molar-refractivity contribution is -0.154. The average molecular weight is 569 g/mol. The topological polar surface area (TPSA) is 87.1 Å². The van der Waals surface area contributed by atoms with Crippen molar-refractivity contribution in [1.82, 2.24) is 9.80 Å². The molecule has 3 heterocycles. The van der Waals surface area contributed by atoms with Crippen molar-refractivity contribution in [1.29, 1.82) is 0 Å². The third kappa shape index (κ3) is 5.75. The van der Waals surface area contributed by atoms with Gasteiger partial charge in [-0.3, -0.25) is 14.4 Å². The fourth-order valence-electron chi connectivity index (χ4n) is 6.84. The molecule has 218 valence electrons. The number of ether oxygens (including phenoxy) is 1. The fourth-order valence-corrected chi connectivity index (χ4v) is 9.02. The van der Waals surface area contributed by atoms with Crippen LogP contribution >= 0.6 is 11.8 Å². The van der Waals surface area contributed by atoms with Crippen molar-refractivity contribution in [2.75, 3.05) is 26.3 Å². The lowest BCUT2D eigenvalue weighted by atomic mass is 9.71. The minimum absolute atomic E-state index is 0.0516. The zero-order valence-corrected chi connectivity index (χ0v) is 24.5. The molecule has 0 saturated carbocycles. The number of allylic oxidation sites excluding steroid dienone is 1. The molecule has 2 bridgehead atoms. The molecule has 1 aromatic carbocycles. The zero-order chi connectivity index (χ0) is 28.7. The van der Waals surface area contributed by atoms with Crippen molar-refractivity contribution in [2.45, 2.75) is 80.4 Å². The van der Waals surface area contributed by atoms with Crippen LogP contribution in [-0.2, 0) is 19.1 Å². The molecule has 3 aliphatic rings. The summed E-state index contributed by atoms with van der Waals surface area (Å²) in [5.74, 6) is -1.92. The van der Waals surface area contributed by atoms with Gasteiger partial charge >= 0.3 is 5.97 Å². The molecule has 0 aromatic heterocycles. The number of esters is 1. The summed E-state index contributed by atoms with van der Waals surface area (Å²) in [6.45, 7) is 10.7. The summed E-state index contributed by atoms with van der Waals surface area (Å²) in [6.07, 6.45) is 10.4. The molecule has 4 rings (SSSR count). The maximum Gasteiger partial charge on any atom is 0.310 e. The van der Waals surface area contributed by atoms with Crippen molar-refractivity contribution in [3.05, 3.63) is 61.2 Å². The Hall–Kier alpha value is -2.58. The molecular weight excluding hydrogens is 524 g/mol. The van der Waals surface area contributed by atoms with Crippen molar-refractivity contribution >= 4 is 29.5 Å². The number of rotatable bonds is 16. The summed E-state index contributed by atoms with van der Waals surface area (Å²) in [5, 5.41) is 10.6. The number of thioether (sulfide) groups is 1. The maximum atomic E-state index is 14.5. The third-order valence-electron chi connectivity index (χ3n) is 8.68. The van der Waals surface area contributed by atoms with Crippen molar-refractivity contribution < 1.29 is 24.2 Å². The Labute approximate surface area is 243 Å². The minimum Gasteiger partial charge on any atom is -0.465 e. The van der Waals surface area contributed by atoms with E-state index in [0.29, 0.717) is 26.1 Å². The second-order valence-electron chi connectivity index (χ2n) is 11.1. The van der Waals surface area contributed by atoms with Crippen LogP contribution in [0.1, 0.15) is 69.9 Å². The van der Waals surface area contributed by atoms with Gasteiger partial charge < -0.3 is 19.6 Å². The van der Waals surface area contributed by atoms with Crippen LogP contribution in [0.25, 0.3) is 0 Å². The SMILES string of the molecule is C=CCCCCOC(=O)[C@@H]1[C@H]2C(=O)N([C@H](CO)c3ccccc3)C(C(=O)N(CC=C)CCCCC)C23CC[C@H]1S3. The highest BCUT2D eigenvalue weighted by molar-refractivity contribution is 8.02. The summed E-state index contributed by atoms with van der Waals surface area (Å²) in [5.41, 5.74) is 0.773. The molecule has 2 unspecified atom stereocenters. The number of hydrogen-bond donors (Lipinski definition) is 1. The van der Waals surface area contributed by atoms with Crippen LogP contribution in [-0.4, -0.2) is 75.0 Å². The Kier molecular flexibility index (Phi) is 10.5. The summed E-state index contributed by atoms with van der Waals surface area (Å²) in [7, 11) is 0. The molecule has 40 heavy (non-hydrogen) atoms. The Morgan fingerprint density at radius 3 is 2.65 bits per heavy atom. The number of unbranched alkanes of at least 4 members (excludes halogenated alkanes) is 4. The van der Waals surface area contributed by atoms with Crippen LogP contribution in [0.3, 0.4) is 0 Å². The van der Waals surface area contributed by atoms with Gasteiger partial charge in [-0.25, -0.2) is 0 Å². The molecular formula is C32H44N2O5S. The normalized spacial score (nSPS) is 27.4. The summed E-state index contributed by atoms with van der Waals surface area (Å²) < 4.78 is 4.99. The molecule has 8 heteroatoms. The molecule has 0 radical (unpaired) electrons. The molecule has 3 saturated heterocycles. The summed E-state index contributed by atoms with van der Waals surface area (Å²) >= 11 is 1.63. The Morgan fingerprint density at radius 2 is 1.98 bits per heavy atom. The molecule has 0 aliphatic carbocycles. The van der Waals surface area contributed by atoms with Crippen LogP contribution in [0, 0.1) is 11.8 Å². The molecule has 7 nitrogen and oxygen atoms in total. The monoisotopic (exact) mass is 568 g/mol. The van der Waals surface area contributed by atoms with E-state index in [2.05, 4.69) is 20.1 Å². The highest BCUT2D eigenvalue weighted by Gasteiger charge is 2.74. The van der Waals surface area contributed by atoms with E-state index in [9.17, 15) is 19.5 Å². The minimum atomic E-state index is -0.774. The maximum absolute atomic E-state index is 14.5. The first kappa shape index (κ1) is 30.4. The van der Waals surface area contributed by atoms with Crippen LogP contribution in [0.4, 0.5) is 0 Å². The second kappa shape index (κ2) is 13.9. The standard InChI is InChI=1S/C32H44N2O5S/c1-4-7-9-14-21-39-31(38)26-25-17-18-32(40-25)27(26)29(36)34(24(22-35)23-15-11-10-12-16-23)28(32)30(37)33(19-6-3)20-13-8-5-2/h4,6,10-12,15-16,24-28,35H,1,3,5,7-9,13-14,17-22H2,2H3/t24-,25-,26+,27+,28?,32?/m1/s1. The molecule has 1 aromatic rings. The van der Waals surface area contributed by atoms with Crippen molar-refractivity contribution in [3.8, 4) is 0 Å². The molecule has 1 N–H and O–H groups in total. The number of aliphatic hydroxyl groups is 1. The predicted molar refractivity (Wildman–Crippen MR) is 159 cm³/mol. The van der Waals surface area contributed by atoms with E-state index < -0.39 is 28.7 Å². The smallest absolute Gasteiger partial charge is 0.310 e. The lowest BCUT2D eigenvalue weighted by Gasteiger charge is -2.39. The van der Waals surface area contributed by atoms with E-state index in [0.717, 1.165) is 50.5 Å². The van der Waals surface area contributed by atoms with Gasteiger partial charge in [0.25, 0.3) is 0 Å². The van der Waals surface area contributed by atoms with Gasteiger partial charge in [-0.15, -0.1) is 24.9 Å². The van der Waals surface area contributed by atoms with E-state index in [4.69, 9.17) is 4.74 Å². The van der Waals surface area contributed by atoms with E-state index in [-0.39, 0.29) is 29.6 Å². The van der Waals surface area contributed by atoms with Gasteiger partial charge in [-0.2, -0.15) is 0 Å². The van der Waals surface area contributed by atoms with Gasteiger partial charge in [0.15, 0.2) is 0 Å². The van der Waals surface area contributed by atoms with Gasteiger partial charge in [0.2, 0.25) is 11.8 Å². The van der Waals surface area contributed by atoms with Crippen LogP contribution < -0.4 is 0 Å². The first-order chi connectivity index (χ1) is 19.4. The van der Waals surface area contributed by atoms with Gasteiger partial charge in [0.05, 0.1) is 35.8 Å². The highest BCUT2D eigenvalue weighted by Crippen LogP contribution is 2.67. The Balaban J connectivity index is 1.70. The molecule has 3 fully saturated rings. The Morgan fingerprint density at radius 1 is 1.20 bits per heavy atom. The lowest BCUT2D eigenvalue weighted by Crippen LogP contribution is -2.55. The third-order valence-corrected chi connectivity index (χ3v) is 10.6. The summed E-state index contributed by atoms with van der Waals surface area (Å²) in [4.78, 5) is 45.8. The number of carbonyl (C=O) groups is 3. The van der Waals surface area contributed by atoms with Gasteiger partial charge in [0.1, 0.15) is 6.04 Å². The number of aliphatic hydroxyl groups excluding tert-OH is 1. The van der Waals surface area contributed by atoms with E-state index in [1.165, 1.54) is 0 Å². The first-order valence-electron chi connectivity index (χ1n) is 14.8. The van der Waals surface area contributed by atoms with Gasteiger partial charge in [-0.05, 0) is 44.1 Å². The number of fused-ring (bicyclic) bond motifs is 1. The molecule has 3 aliphatic heterocycles. The highest BCUT2D eigenvalue weighted by atomic mass is 32.2. The number of nitrogens with zero attached hydrogens (tertiary/aromatic N) is 2. The zero-order valence-electron chi connectivity index (χ0n) is 23.7. The number of amides is 2. The van der Waals surface area contributed by atoms with Gasteiger partial charge in [-0.1, -0.05) is 62.2 Å². The van der Waals surface area contributed by atoms with E-state index >= 15 is 0 Å².